The van der Waals surface area contributed by atoms with Crippen LogP contribution in [0.3, 0.4) is 0 Å². The summed E-state index contributed by atoms with van der Waals surface area (Å²) in [6, 6.07) is 3.80. The molecule has 162 valence electrons. The number of nitrogens with one attached hydrogen (secondary N) is 1. The minimum atomic E-state index is -0.617. The van der Waals surface area contributed by atoms with E-state index in [2.05, 4.69) is 24.1 Å². The Labute approximate surface area is 181 Å². The molecule has 30 heavy (non-hydrogen) atoms. The number of carbonyl (C=O) groups excluding carboxylic acids is 2. The fourth-order valence-corrected chi connectivity index (χ4v) is 4.17. The first-order chi connectivity index (χ1) is 14.2. The minimum absolute atomic E-state index is 0.0113. The number of nitrogens with zero attached hydrogens (tertiary/aromatic N) is 3. The van der Waals surface area contributed by atoms with Crippen LogP contribution in [0.4, 0.5) is 4.39 Å². The number of aromatic nitrogens is 2. The molecule has 0 radical (unpaired) electrons. The Balaban J connectivity index is 1.81. The van der Waals surface area contributed by atoms with Crippen LogP contribution in [0.5, 0.6) is 0 Å². The number of hydrogen-bond donors (Lipinski definition) is 1. The molecule has 2 atom stereocenters. The Morgan fingerprint density at radius 2 is 2.07 bits per heavy atom. The van der Waals surface area contributed by atoms with Crippen molar-refractivity contribution in [2.45, 2.75) is 59.3 Å². The van der Waals surface area contributed by atoms with Crippen LogP contribution in [0.25, 0.3) is 0 Å². The zero-order valence-electron chi connectivity index (χ0n) is 17.7. The van der Waals surface area contributed by atoms with E-state index in [4.69, 9.17) is 11.6 Å². The zero-order valence-corrected chi connectivity index (χ0v) is 18.5. The predicted molar refractivity (Wildman–Crippen MR) is 113 cm³/mol. The number of imidazole rings is 1. The molecule has 2 aromatic rings. The molecular weight excluding hydrogens is 407 g/mol. The second-order valence-corrected chi connectivity index (χ2v) is 8.84. The van der Waals surface area contributed by atoms with Crippen molar-refractivity contribution in [2.75, 3.05) is 0 Å². The summed E-state index contributed by atoms with van der Waals surface area (Å²) in [5.74, 6) is -0.333. The molecule has 3 rings (SSSR count). The molecule has 2 heterocycles. The third-order valence-corrected chi connectivity index (χ3v) is 5.63. The van der Waals surface area contributed by atoms with Gasteiger partial charge in [-0.25, -0.2) is 9.37 Å². The number of amides is 2. The van der Waals surface area contributed by atoms with E-state index < -0.39 is 17.8 Å². The Morgan fingerprint density at radius 3 is 2.70 bits per heavy atom. The molecule has 0 saturated carbocycles. The van der Waals surface area contributed by atoms with Gasteiger partial charge in [-0.3, -0.25) is 9.59 Å². The largest absolute Gasteiger partial charge is 0.349 e. The maximum Gasteiger partial charge on any atom is 0.226 e. The third kappa shape index (κ3) is 4.67. The monoisotopic (exact) mass is 434 g/mol. The zero-order chi connectivity index (χ0) is 22.0. The standard InChI is InChI=1S/C22H28ClFN4O2/c1-13(2)12-27-8-7-25-19(27)11-26-22(30)16-10-20(29)28(14(3)4)21(16)15-5-6-17(23)18(24)9-15/h5-9,13-14,16,21H,10-12H2,1-4H3,(H,26,30)/t16-,21+/m1/s1. The quantitative estimate of drug-likeness (QED) is 0.717. The van der Waals surface area contributed by atoms with E-state index in [1.165, 1.54) is 12.1 Å². The van der Waals surface area contributed by atoms with E-state index >= 15 is 0 Å². The maximum atomic E-state index is 14.1. The second kappa shape index (κ2) is 9.16. The van der Waals surface area contributed by atoms with Gasteiger partial charge in [-0.1, -0.05) is 31.5 Å². The molecule has 0 bridgehead atoms. The molecule has 1 saturated heterocycles. The number of carbonyl (C=O) groups is 2. The molecule has 1 aromatic heterocycles. The van der Waals surface area contributed by atoms with Crippen LogP contribution in [0.2, 0.25) is 5.02 Å². The van der Waals surface area contributed by atoms with Crippen LogP contribution >= 0.6 is 11.6 Å². The normalized spacial score (nSPS) is 19.2. The van der Waals surface area contributed by atoms with Crippen LogP contribution in [0.15, 0.2) is 30.6 Å². The summed E-state index contributed by atoms with van der Waals surface area (Å²) in [5.41, 5.74) is 0.568. The van der Waals surface area contributed by atoms with E-state index in [1.54, 1.807) is 17.2 Å². The van der Waals surface area contributed by atoms with Crippen molar-refractivity contribution in [3.63, 3.8) is 0 Å². The third-order valence-electron chi connectivity index (χ3n) is 5.33. The highest BCUT2D eigenvalue weighted by atomic mass is 35.5. The van der Waals surface area contributed by atoms with Gasteiger partial charge in [0.25, 0.3) is 0 Å². The van der Waals surface area contributed by atoms with Gasteiger partial charge >= 0.3 is 0 Å². The van der Waals surface area contributed by atoms with Gasteiger partial charge < -0.3 is 14.8 Å². The minimum Gasteiger partial charge on any atom is -0.349 e. The fourth-order valence-electron chi connectivity index (χ4n) is 4.05. The molecule has 2 amide bonds. The van der Waals surface area contributed by atoms with Gasteiger partial charge in [0, 0.05) is 31.4 Å². The smallest absolute Gasteiger partial charge is 0.226 e. The van der Waals surface area contributed by atoms with Crippen LogP contribution < -0.4 is 5.32 Å². The summed E-state index contributed by atoms with van der Waals surface area (Å²) >= 11 is 5.83. The Hall–Kier alpha value is -2.41. The van der Waals surface area contributed by atoms with Crippen LogP contribution in [0.1, 0.15) is 51.5 Å². The molecule has 1 fully saturated rings. The van der Waals surface area contributed by atoms with Crippen molar-refractivity contribution in [3.8, 4) is 0 Å². The van der Waals surface area contributed by atoms with Crippen molar-refractivity contribution in [1.29, 1.82) is 0 Å². The Bertz CT molecular complexity index is 928. The molecule has 1 aliphatic rings. The van der Waals surface area contributed by atoms with Gasteiger partial charge in [-0.15, -0.1) is 0 Å². The average molecular weight is 435 g/mol. The topological polar surface area (TPSA) is 67.2 Å². The van der Waals surface area contributed by atoms with E-state index in [1.807, 2.05) is 24.6 Å². The van der Waals surface area contributed by atoms with Gasteiger partial charge in [-0.05, 0) is 37.5 Å². The van der Waals surface area contributed by atoms with Crippen LogP contribution in [-0.2, 0) is 22.7 Å². The molecule has 0 aliphatic carbocycles. The van der Waals surface area contributed by atoms with E-state index in [9.17, 15) is 14.0 Å². The molecule has 1 N–H and O–H groups in total. The molecule has 0 spiro atoms. The van der Waals surface area contributed by atoms with E-state index in [-0.39, 0.29) is 35.8 Å². The maximum absolute atomic E-state index is 14.1. The fraction of sp³-hybridized carbons (Fsp3) is 0.500. The highest BCUT2D eigenvalue weighted by Gasteiger charge is 2.45. The van der Waals surface area contributed by atoms with Gasteiger partial charge in [0.1, 0.15) is 11.6 Å². The van der Waals surface area contributed by atoms with Crippen molar-refractivity contribution in [1.82, 2.24) is 19.8 Å². The number of likely N-dealkylation sites (tertiary alicyclic amines) is 1. The van der Waals surface area contributed by atoms with E-state index in [0.29, 0.717) is 11.5 Å². The Kier molecular flexibility index (Phi) is 6.81. The number of rotatable bonds is 7. The van der Waals surface area contributed by atoms with Crippen molar-refractivity contribution < 1.29 is 14.0 Å². The van der Waals surface area contributed by atoms with Gasteiger partial charge in [0.2, 0.25) is 11.8 Å². The lowest BCUT2D eigenvalue weighted by molar-refractivity contribution is -0.130. The van der Waals surface area contributed by atoms with Gasteiger partial charge in [-0.2, -0.15) is 0 Å². The molecule has 1 aliphatic heterocycles. The number of halogens is 2. The summed E-state index contributed by atoms with van der Waals surface area (Å²) in [6.07, 6.45) is 3.68. The number of benzene rings is 1. The highest BCUT2D eigenvalue weighted by Crippen LogP contribution is 2.40. The SMILES string of the molecule is CC(C)Cn1ccnc1CNC(=O)[C@@H]1CC(=O)N(C(C)C)[C@H]1c1ccc(Cl)c(F)c1. The first kappa shape index (κ1) is 22.3. The number of hydrogen-bond acceptors (Lipinski definition) is 3. The van der Waals surface area contributed by atoms with Crippen LogP contribution in [0, 0.1) is 17.7 Å². The molecule has 1 aromatic carbocycles. The summed E-state index contributed by atoms with van der Waals surface area (Å²) in [5, 5.41) is 2.94. The first-order valence-corrected chi connectivity index (χ1v) is 10.6. The van der Waals surface area contributed by atoms with E-state index in [0.717, 1.165) is 12.4 Å². The van der Waals surface area contributed by atoms with Gasteiger partial charge in [0.05, 0.1) is 23.5 Å². The second-order valence-electron chi connectivity index (χ2n) is 8.43. The molecule has 6 nitrogen and oxygen atoms in total. The predicted octanol–water partition coefficient (Wildman–Crippen LogP) is 3.95. The van der Waals surface area contributed by atoms with Crippen molar-refractivity contribution in [3.05, 3.63) is 52.8 Å². The lowest BCUT2D eigenvalue weighted by Crippen LogP contribution is -2.38. The summed E-state index contributed by atoms with van der Waals surface area (Å²) in [6.45, 7) is 9.08. The van der Waals surface area contributed by atoms with Gasteiger partial charge in [0.15, 0.2) is 0 Å². The highest BCUT2D eigenvalue weighted by molar-refractivity contribution is 6.30. The van der Waals surface area contributed by atoms with Crippen molar-refractivity contribution >= 4 is 23.4 Å². The summed E-state index contributed by atoms with van der Waals surface area (Å²) in [4.78, 5) is 31.8. The lowest BCUT2D eigenvalue weighted by Gasteiger charge is -2.31. The average Bonchev–Trinajstić information content (AvgIpc) is 3.25. The molecular formula is C22H28ClFN4O2. The summed E-state index contributed by atoms with van der Waals surface area (Å²) < 4.78 is 16.1. The lowest BCUT2D eigenvalue weighted by atomic mass is 9.92. The molecule has 0 unspecified atom stereocenters. The summed E-state index contributed by atoms with van der Waals surface area (Å²) in [7, 11) is 0. The van der Waals surface area contributed by atoms with Crippen LogP contribution in [-0.4, -0.2) is 32.3 Å². The Morgan fingerprint density at radius 1 is 1.33 bits per heavy atom. The molecule has 8 heteroatoms. The van der Waals surface area contributed by atoms with Crippen molar-refractivity contribution in [2.24, 2.45) is 11.8 Å². The first-order valence-electron chi connectivity index (χ1n) is 10.2.